The van der Waals surface area contributed by atoms with Crippen LogP contribution < -0.4 is 5.46 Å². The van der Waals surface area contributed by atoms with E-state index in [1.54, 1.807) is 6.07 Å². The Morgan fingerprint density at radius 3 is 2.47 bits per heavy atom. The molecule has 0 spiro atoms. The standard InChI is InChI=1S/C11H15BO3/c13-12(14)11-4-2-1-3-10(11)9-5-7-15-8-6-9/h1-4,9,13-14H,5-8H2. The van der Waals surface area contributed by atoms with Gasteiger partial charge in [-0.05, 0) is 29.8 Å². The second kappa shape index (κ2) is 4.79. The molecule has 0 aromatic heterocycles. The second-order valence-electron chi connectivity index (χ2n) is 3.89. The molecular weight excluding hydrogens is 191 g/mol. The van der Waals surface area contributed by atoms with Gasteiger partial charge < -0.3 is 14.8 Å². The Balaban J connectivity index is 2.25. The first kappa shape index (κ1) is 10.7. The van der Waals surface area contributed by atoms with Crippen LogP contribution in [0.1, 0.15) is 24.3 Å². The molecule has 2 N–H and O–H groups in total. The highest BCUT2D eigenvalue weighted by atomic mass is 16.5. The maximum atomic E-state index is 9.26. The van der Waals surface area contributed by atoms with Gasteiger partial charge >= 0.3 is 7.12 Å². The number of hydrogen-bond acceptors (Lipinski definition) is 3. The smallest absolute Gasteiger partial charge is 0.423 e. The van der Waals surface area contributed by atoms with Crippen LogP contribution in [-0.2, 0) is 4.74 Å². The van der Waals surface area contributed by atoms with E-state index >= 15 is 0 Å². The van der Waals surface area contributed by atoms with Crippen molar-refractivity contribution in [2.45, 2.75) is 18.8 Å². The zero-order valence-electron chi connectivity index (χ0n) is 8.60. The van der Waals surface area contributed by atoms with E-state index in [1.807, 2.05) is 18.2 Å². The molecule has 0 aliphatic carbocycles. The van der Waals surface area contributed by atoms with Gasteiger partial charge in [0.25, 0.3) is 0 Å². The SMILES string of the molecule is OB(O)c1ccccc1C1CCOCC1. The summed E-state index contributed by atoms with van der Waals surface area (Å²) in [5.74, 6) is 0.400. The van der Waals surface area contributed by atoms with Crippen LogP contribution >= 0.6 is 0 Å². The fourth-order valence-electron chi connectivity index (χ4n) is 2.13. The topological polar surface area (TPSA) is 49.7 Å². The third-order valence-electron chi connectivity index (χ3n) is 2.94. The number of benzene rings is 1. The highest BCUT2D eigenvalue weighted by Crippen LogP contribution is 2.25. The summed E-state index contributed by atoms with van der Waals surface area (Å²) in [6.45, 7) is 1.53. The normalized spacial score (nSPS) is 17.7. The third kappa shape index (κ3) is 2.40. The summed E-state index contributed by atoms with van der Waals surface area (Å²) in [4.78, 5) is 0. The molecule has 1 aliphatic heterocycles. The Morgan fingerprint density at radius 2 is 1.80 bits per heavy atom. The van der Waals surface area contributed by atoms with Crippen molar-refractivity contribution in [3.63, 3.8) is 0 Å². The molecule has 0 radical (unpaired) electrons. The predicted octanol–water partition coefficient (Wildman–Crippen LogP) is 0.260. The van der Waals surface area contributed by atoms with Gasteiger partial charge in [-0.25, -0.2) is 0 Å². The zero-order chi connectivity index (χ0) is 10.7. The highest BCUT2D eigenvalue weighted by Gasteiger charge is 2.22. The molecule has 0 amide bonds. The first-order chi connectivity index (χ1) is 7.29. The molecular formula is C11H15BO3. The molecule has 0 unspecified atom stereocenters. The molecule has 1 aromatic rings. The van der Waals surface area contributed by atoms with Crippen molar-refractivity contribution < 1.29 is 14.8 Å². The molecule has 0 saturated carbocycles. The van der Waals surface area contributed by atoms with Crippen LogP contribution in [0.4, 0.5) is 0 Å². The van der Waals surface area contributed by atoms with Gasteiger partial charge in [0.15, 0.2) is 0 Å². The largest absolute Gasteiger partial charge is 0.488 e. The molecule has 1 fully saturated rings. The van der Waals surface area contributed by atoms with E-state index in [9.17, 15) is 10.0 Å². The van der Waals surface area contributed by atoms with Crippen molar-refractivity contribution in [2.24, 2.45) is 0 Å². The van der Waals surface area contributed by atoms with Crippen molar-refractivity contribution in [3.8, 4) is 0 Å². The molecule has 1 aromatic carbocycles. The molecule has 1 saturated heterocycles. The Bertz CT molecular complexity index is 321. The van der Waals surface area contributed by atoms with Crippen LogP contribution in [0.3, 0.4) is 0 Å². The Hall–Kier alpha value is -0.835. The van der Waals surface area contributed by atoms with Crippen LogP contribution in [-0.4, -0.2) is 30.4 Å². The second-order valence-corrected chi connectivity index (χ2v) is 3.89. The lowest BCUT2D eigenvalue weighted by atomic mass is 9.72. The summed E-state index contributed by atoms with van der Waals surface area (Å²) in [5.41, 5.74) is 1.68. The third-order valence-corrected chi connectivity index (χ3v) is 2.94. The molecule has 1 aliphatic rings. The zero-order valence-corrected chi connectivity index (χ0v) is 8.60. The maximum Gasteiger partial charge on any atom is 0.488 e. The van der Waals surface area contributed by atoms with E-state index in [2.05, 4.69) is 0 Å². The Labute approximate surface area is 89.8 Å². The van der Waals surface area contributed by atoms with Gasteiger partial charge in [-0.3, -0.25) is 0 Å². The monoisotopic (exact) mass is 206 g/mol. The van der Waals surface area contributed by atoms with E-state index in [-0.39, 0.29) is 0 Å². The summed E-state index contributed by atoms with van der Waals surface area (Å²) in [6, 6.07) is 7.52. The summed E-state index contributed by atoms with van der Waals surface area (Å²) in [6.07, 6.45) is 1.92. The molecule has 0 bridgehead atoms. The lowest BCUT2D eigenvalue weighted by Gasteiger charge is -2.24. The van der Waals surface area contributed by atoms with E-state index in [0.717, 1.165) is 31.6 Å². The van der Waals surface area contributed by atoms with Crippen molar-refractivity contribution in [1.29, 1.82) is 0 Å². The van der Waals surface area contributed by atoms with Gasteiger partial charge in [0.05, 0.1) is 0 Å². The van der Waals surface area contributed by atoms with E-state index in [4.69, 9.17) is 4.74 Å². The quantitative estimate of drug-likeness (QED) is 0.682. The molecule has 4 heteroatoms. The average Bonchev–Trinajstić information content (AvgIpc) is 2.30. The van der Waals surface area contributed by atoms with Crippen LogP contribution in [0.2, 0.25) is 0 Å². The van der Waals surface area contributed by atoms with Crippen LogP contribution in [0.25, 0.3) is 0 Å². The minimum atomic E-state index is -1.37. The summed E-state index contributed by atoms with van der Waals surface area (Å²) in [7, 11) is -1.37. The summed E-state index contributed by atoms with van der Waals surface area (Å²) in [5, 5.41) is 18.5. The van der Waals surface area contributed by atoms with E-state index < -0.39 is 7.12 Å². The maximum absolute atomic E-state index is 9.26. The average molecular weight is 206 g/mol. The van der Waals surface area contributed by atoms with Gasteiger partial charge in [-0.15, -0.1) is 0 Å². The molecule has 80 valence electrons. The Morgan fingerprint density at radius 1 is 1.13 bits per heavy atom. The highest BCUT2D eigenvalue weighted by molar-refractivity contribution is 6.59. The fraction of sp³-hybridized carbons (Fsp3) is 0.455. The lowest BCUT2D eigenvalue weighted by molar-refractivity contribution is 0.0854. The van der Waals surface area contributed by atoms with E-state index in [0.29, 0.717) is 11.4 Å². The molecule has 2 rings (SSSR count). The molecule has 15 heavy (non-hydrogen) atoms. The van der Waals surface area contributed by atoms with Crippen molar-refractivity contribution >= 4 is 12.6 Å². The van der Waals surface area contributed by atoms with Crippen LogP contribution in [0.15, 0.2) is 24.3 Å². The first-order valence-electron chi connectivity index (χ1n) is 5.31. The van der Waals surface area contributed by atoms with E-state index in [1.165, 1.54) is 0 Å². The van der Waals surface area contributed by atoms with Gasteiger partial charge in [-0.1, -0.05) is 24.3 Å². The lowest BCUT2D eigenvalue weighted by Crippen LogP contribution is -2.34. The van der Waals surface area contributed by atoms with Crippen LogP contribution in [0, 0.1) is 0 Å². The van der Waals surface area contributed by atoms with Gasteiger partial charge in [0.2, 0.25) is 0 Å². The number of hydrogen-bond donors (Lipinski definition) is 2. The van der Waals surface area contributed by atoms with Crippen molar-refractivity contribution in [2.75, 3.05) is 13.2 Å². The first-order valence-corrected chi connectivity index (χ1v) is 5.31. The summed E-state index contributed by atoms with van der Waals surface area (Å²) < 4.78 is 5.30. The minimum Gasteiger partial charge on any atom is -0.423 e. The number of rotatable bonds is 2. The molecule has 0 atom stereocenters. The summed E-state index contributed by atoms with van der Waals surface area (Å²) >= 11 is 0. The number of ether oxygens (including phenoxy) is 1. The van der Waals surface area contributed by atoms with Crippen LogP contribution in [0.5, 0.6) is 0 Å². The predicted molar refractivity (Wildman–Crippen MR) is 59.1 cm³/mol. The fourth-order valence-corrected chi connectivity index (χ4v) is 2.13. The van der Waals surface area contributed by atoms with Gasteiger partial charge in [0, 0.05) is 13.2 Å². The minimum absolute atomic E-state index is 0.400. The van der Waals surface area contributed by atoms with Crippen molar-refractivity contribution in [1.82, 2.24) is 0 Å². The molecule has 1 heterocycles. The molecule has 3 nitrogen and oxygen atoms in total. The van der Waals surface area contributed by atoms with Gasteiger partial charge in [0.1, 0.15) is 0 Å². The van der Waals surface area contributed by atoms with Gasteiger partial charge in [-0.2, -0.15) is 0 Å². The van der Waals surface area contributed by atoms with Crippen molar-refractivity contribution in [3.05, 3.63) is 29.8 Å². The Kier molecular flexibility index (Phi) is 3.41.